The molecule has 0 radical (unpaired) electrons. The van der Waals surface area contributed by atoms with E-state index in [9.17, 15) is 13.2 Å². The third-order valence-corrected chi connectivity index (χ3v) is 1.51. The van der Waals surface area contributed by atoms with Gasteiger partial charge in [0.15, 0.2) is 5.82 Å². The zero-order valence-corrected chi connectivity index (χ0v) is 6.68. The number of pyridine rings is 1. The molecule has 0 bridgehead atoms. The molecule has 1 aromatic heterocycles. The lowest BCUT2D eigenvalue weighted by Gasteiger charge is -2.02. The molecule has 0 saturated carbocycles. The first kappa shape index (κ1) is 9.52. The van der Waals surface area contributed by atoms with E-state index in [1.807, 2.05) is 0 Å². The van der Waals surface area contributed by atoms with Crippen LogP contribution in [0.4, 0.5) is 13.2 Å². The van der Waals surface area contributed by atoms with E-state index in [2.05, 4.69) is 4.98 Å². The zero-order chi connectivity index (χ0) is 10.0. The van der Waals surface area contributed by atoms with E-state index in [1.54, 1.807) is 6.07 Å². The molecule has 1 rings (SSSR count). The number of nitrogens with zero attached hydrogens (tertiary/aromatic N) is 2. The number of hydrogen-bond donors (Lipinski definition) is 0. The van der Waals surface area contributed by atoms with Crippen LogP contribution in [0.15, 0.2) is 6.07 Å². The fourth-order valence-electron chi connectivity index (χ4n) is 0.861. The Morgan fingerprint density at radius 1 is 1.54 bits per heavy atom. The van der Waals surface area contributed by atoms with Crippen molar-refractivity contribution >= 4 is 0 Å². The third kappa shape index (κ3) is 1.78. The van der Waals surface area contributed by atoms with Crippen LogP contribution in [0.3, 0.4) is 0 Å². The van der Waals surface area contributed by atoms with Gasteiger partial charge in [0.1, 0.15) is 17.5 Å². The molecule has 0 fully saturated rings. The minimum Gasteiger partial charge on any atom is -0.233 e. The van der Waals surface area contributed by atoms with Crippen LogP contribution in [-0.4, -0.2) is 4.98 Å². The maximum absolute atomic E-state index is 12.8. The topological polar surface area (TPSA) is 36.7 Å². The maximum atomic E-state index is 12.8. The van der Waals surface area contributed by atoms with E-state index >= 15 is 0 Å². The lowest BCUT2D eigenvalue weighted by molar-refractivity contribution is 0.140. The van der Waals surface area contributed by atoms with Gasteiger partial charge in [0, 0.05) is 0 Å². The Balaban J connectivity index is 3.33. The van der Waals surface area contributed by atoms with Gasteiger partial charge in [-0.05, 0) is 18.6 Å². The van der Waals surface area contributed by atoms with Crippen LogP contribution in [0.2, 0.25) is 0 Å². The first-order chi connectivity index (χ1) is 6.06. The fourth-order valence-corrected chi connectivity index (χ4v) is 0.861. The summed E-state index contributed by atoms with van der Waals surface area (Å²) < 4.78 is 36.9. The SMILES string of the molecule is Cc1cc(F)c(C(F)F)nc1C#N. The van der Waals surface area contributed by atoms with Gasteiger partial charge in [-0.1, -0.05) is 0 Å². The predicted octanol–water partition coefficient (Wildman–Crippen LogP) is 2.34. The van der Waals surface area contributed by atoms with E-state index in [1.165, 1.54) is 6.92 Å². The molecule has 0 aliphatic rings. The molecule has 0 atom stereocenters. The van der Waals surface area contributed by atoms with Crippen molar-refractivity contribution in [2.75, 3.05) is 0 Å². The summed E-state index contributed by atoms with van der Waals surface area (Å²) in [6.45, 7) is 1.43. The molecule has 0 N–H and O–H groups in total. The second-order valence-electron chi connectivity index (χ2n) is 2.43. The molecule has 13 heavy (non-hydrogen) atoms. The highest BCUT2D eigenvalue weighted by Gasteiger charge is 2.17. The van der Waals surface area contributed by atoms with Crippen molar-refractivity contribution in [3.05, 3.63) is 28.8 Å². The first-order valence-corrected chi connectivity index (χ1v) is 3.41. The molecule has 0 aliphatic carbocycles. The minimum absolute atomic E-state index is 0.170. The Labute approximate surface area is 72.6 Å². The van der Waals surface area contributed by atoms with E-state index in [0.29, 0.717) is 0 Å². The molecule has 5 heteroatoms. The average molecular weight is 186 g/mol. The maximum Gasteiger partial charge on any atom is 0.283 e. The van der Waals surface area contributed by atoms with Gasteiger partial charge in [-0.2, -0.15) is 5.26 Å². The minimum atomic E-state index is -2.99. The molecular weight excluding hydrogens is 181 g/mol. The quantitative estimate of drug-likeness (QED) is 0.674. The van der Waals surface area contributed by atoms with E-state index in [4.69, 9.17) is 5.26 Å². The van der Waals surface area contributed by atoms with Crippen LogP contribution in [0.5, 0.6) is 0 Å². The van der Waals surface area contributed by atoms with Gasteiger partial charge in [-0.15, -0.1) is 0 Å². The lowest BCUT2D eigenvalue weighted by atomic mass is 10.2. The van der Waals surface area contributed by atoms with Crippen molar-refractivity contribution in [2.45, 2.75) is 13.3 Å². The number of alkyl halides is 2. The van der Waals surface area contributed by atoms with Gasteiger partial charge in [0.25, 0.3) is 6.43 Å². The molecule has 68 valence electrons. The number of aromatic nitrogens is 1. The smallest absolute Gasteiger partial charge is 0.233 e. The summed E-state index contributed by atoms with van der Waals surface area (Å²) >= 11 is 0. The molecule has 0 aliphatic heterocycles. The van der Waals surface area contributed by atoms with E-state index in [-0.39, 0.29) is 11.3 Å². The number of aryl methyl sites for hydroxylation is 1. The molecule has 0 amide bonds. The Hall–Kier alpha value is -1.57. The summed E-state index contributed by atoms with van der Waals surface area (Å²) in [6, 6.07) is 2.49. The van der Waals surface area contributed by atoms with Crippen LogP contribution in [0.25, 0.3) is 0 Å². The Kier molecular flexibility index (Phi) is 2.52. The first-order valence-electron chi connectivity index (χ1n) is 3.41. The van der Waals surface area contributed by atoms with Gasteiger partial charge >= 0.3 is 0 Å². The van der Waals surface area contributed by atoms with Gasteiger partial charge in [-0.3, -0.25) is 0 Å². The molecule has 0 spiro atoms. The van der Waals surface area contributed by atoms with E-state index in [0.717, 1.165) is 6.07 Å². The molecule has 0 aromatic carbocycles. The second-order valence-corrected chi connectivity index (χ2v) is 2.43. The number of nitriles is 1. The number of hydrogen-bond acceptors (Lipinski definition) is 2. The van der Waals surface area contributed by atoms with Crippen molar-refractivity contribution in [3.63, 3.8) is 0 Å². The fraction of sp³-hybridized carbons (Fsp3) is 0.250. The number of rotatable bonds is 1. The van der Waals surface area contributed by atoms with Gasteiger partial charge in [-0.25, -0.2) is 18.2 Å². The Bertz CT molecular complexity index is 368. The predicted molar refractivity (Wildman–Crippen MR) is 38.6 cm³/mol. The van der Waals surface area contributed by atoms with Crippen molar-refractivity contribution < 1.29 is 13.2 Å². The molecular formula is C8H5F3N2. The van der Waals surface area contributed by atoms with Crippen LogP contribution >= 0.6 is 0 Å². The van der Waals surface area contributed by atoms with Crippen LogP contribution in [0.1, 0.15) is 23.4 Å². The molecule has 1 aromatic rings. The average Bonchev–Trinajstić information content (AvgIpc) is 2.03. The highest BCUT2D eigenvalue weighted by molar-refractivity contribution is 5.32. The summed E-state index contributed by atoms with van der Waals surface area (Å²) in [5.41, 5.74) is -0.886. The number of halogens is 3. The van der Waals surface area contributed by atoms with Gasteiger partial charge in [0.05, 0.1) is 0 Å². The van der Waals surface area contributed by atoms with Crippen LogP contribution in [0, 0.1) is 24.1 Å². The molecule has 1 heterocycles. The molecule has 0 saturated heterocycles. The van der Waals surface area contributed by atoms with E-state index < -0.39 is 17.9 Å². The summed E-state index contributed by atoms with van der Waals surface area (Å²) in [7, 11) is 0. The molecule has 0 unspecified atom stereocenters. The summed E-state index contributed by atoms with van der Waals surface area (Å²) in [6.07, 6.45) is -2.99. The van der Waals surface area contributed by atoms with Crippen molar-refractivity contribution in [1.82, 2.24) is 4.98 Å². The van der Waals surface area contributed by atoms with Crippen LogP contribution in [-0.2, 0) is 0 Å². The summed E-state index contributed by atoms with van der Waals surface area (Å²) in [4.78, 5) is 3.20. The lowest BCUT2D eigenvalue weighted by Crippen LogP contribution is -2.00. The largest absolute Gasteiger partial charge is 0.283 e. The standard InChI is InChI=1S/C8H5F3N2/c1-4-2-5(9)7(8(10)11)13-6(4)3-12/h2,8H,1H3. The normalized spacial score (nSPS) is 10.2. The van der Waals surface area contributed by atoms with Gasteiger partial charge in [0.2, 0.25) is 0 Å². The highest BCUT2D eigenvalue weighted by atomic mass is 19.3. The van der Waals surface area contributed by atoms with Crippen molar-refractivity contribution in [1.29, 1.82) is 5.26 Å². The summed E-state index contributed by atoms with van der Waals surface area (Å²) in [5.74, 6) is -1.08. The Morgan fingerprint density at radius 2 is 2.15 bits per heavy atom. The van der Waals surface area contributed by atoms with Gasteiger partial charge < -0.3 is 0 Å². The third-order valence-electron chi connectivity index (χ3n) is 1.51. The van der Waals surface area contributed by atoms with Crippen LogP contribution < -0.4 is 0 Å². The monoisotopic (exact) mass is 186 g/mol. The summed E-state index contributed by atoms with van der Waals surface area (Å²) in [5, 5.41) is 8.44. The Morgan fingerprint density at radius 3 is 2.62 bits per heavy atom. The second kappa shape index (κ2) is 3.44. The van der Waals surface area contributed by atoms with Crippen molar-refractivity contribution in [3.8, 4) is 6.07 Å². The molecule has 2 nitrogen and oxygen atoms in total. The zero-order valence-electron chi connectivity index (χ0n) is 6.68. The van der Waals surface area contributed by atoms with Crippen molar-refractivity contribution in [2.24, 2.45) is 0 Å². The highest BCUT2D eigenvalue weighted by Crippen LogP contribution is 2.21.